The molecule has 0 unspecified atom stereocenters. The lowest BCUT2D eigenvalue weighted by Crippen LogP contribution is -2.65. The molecule has 0 bridgehead atoms. The summed E-state index contributed by atoms with van der Waals surface area (Å²) in [5, 5.41) is -1.39. The molecule has 1 saturated carbocycles. The van der Waals surface area contributed by atoms with Crippen LogP contribution in [0.25, 0.3) is 0 Å². The van der Waals surface area contributed by atoms with Gasteiger partial charge in [0.1, 0.15) is 5.38 Å². The van der Waals surface area contributed by atoms with Crippen LogP contribution in [0.5, 0.6) is 0 Å². The summed E-state index contributed by atoms with van der Waals surface area (Å²) in [6.07, 6.45) is 1.26. The molecular weight excluding hydrogens is 252 g/mol. The van der Waals surface area contributed by atoms with Crippen LogP contribution in [0.3, 0.4) is 0 Å². The molecule has 0 aliphatic heterocycles. The van der Waals surface area contributed by atoms with E-state index in [-0.39, 0.29) is 0 Å². The van der Waals surface area contributed by atoms with E-state index >= 15 is 0 Å². The van der Waals surface area contributed by atoms with Crippen LogP contribution in [-0.2, 0) is 0 Å². The van der Waals surface area contributed by atoms with Crippen LogP contribution in [0.2, 0.25) is 0 Å². The van der Waals surface area contributed by atoms with Gasteiger partial charge in [0.2, 0.25) is 0 Å². The molecule has 0 aromatic carbocycles. The molecular formula is C6H4Cl4F2. The summed E-state index contributed by atoms with van der Waals surface area (Å²) in [5.74, 6) is -4.08. The Morgan fingerprint density at radius 3 is 2.08 bits per heavy atom. The Labute approximate surface area is 88.4 Å². The summed E-state index contributed by atoms with van der Waals surface area (Å²) in [7, 11) is 0. The highest BCUT2D eigenvalue weighted by Crippen LogP contribution is 2.61. The first-order valence-electron chi connectivity index (χ1n) is 3.02. The Bertz CT molecular complexity index is 214. The number of rotatable bonds is 1. The molecule has 1 rings (SSSR count). The number of allylic oxidation sites excluding steroid dienone is 1. The fourth-order valence-electron chi connectivity index (χ4n) is 1.02. The van der Waals surface area contributed by atoms with Gasteiger partial charge in [-0.1, -0.05) is 40.9 Å². The Balaban J connectivity index is 2.84. The van der Waals surface area contributed by atoms with Gasteiger partial charge in [-0.3, -0.25) is 0 Å². The molecule has 0 aromatic heterocycles. The van der Waals surface area contributed by atoms with Crippen LogP contribution in [-0.4, -0.2) is 15.6 Å². The first-order chi connectivity index (χ1) is 5.35. The molecule has 1 aliphatic rings. The maximum Gasteiger partial charge on any atom is 0.297 e. The van der Waals surface area contributed by atoms with E-state index in [0.717, 1.165) is 5.54 Å². The zero-order chi connectivity index (χ0) is 9.57. The summed E-state index contributed by atoms with van der Waals surface area (Å²) in [4.78, 5) is 0. The van der Waals surface area contributed by atoms with Gasteiger partial charge >= 0.3 is 0 Å². The van der Waals surface area contributed by atoms with E-state index in [1.54, 1.807) is 0 Å². The van der Waals surface area contributed by atoms with Gasteiger partial charge in [0, 0.05) is 11.5 Å². The third-order valence-electron chi connectivity index (χ3n) is 1.80. The SMILES string of the molecule is FC1(F)[C@@H](Cl)[C@H](/C=C/Cl)C1(Cl)Cl. The average Bonchev–Trinajstić information content (AvgIpc) is 1.98. The second-order valence-corrected chi connectivity index (χ2v) is 4.60. The molecule has 0 nitrogen and oxygen atoms in total. The lowest BCUT2D eigenvalue weighted by molar-refractivity contribution is -0.102. The van der Waals surface area contributed by atoms with Crippen LogP contribution in [0.4, 0.5) is 8.78 Å². The van der Waals surface area contributed by atoms with Crippen LogP contribution in [0, 0.1) is 5.92 Å². The summed E-state index contributed by atoms with van der Waals surface area (Å²) in [6, 6.07) is 0. The van der Waals surface area contributed by atoms with Gasteiger partial charge in [0.15, 0.2) is 4.33 Å². The lowest BCUT2D eigenvalue weighted by atomic mass is 9.79. The molecule has 70 valence electrons. The molecule has 1 fully saturated rings. The van der Waals surface area contributed by atoms with E-state index < -0.39 is 21.6 Å². The zero-order valence-electron chi connectivity index (χ0n) is 5.58. The van der Waals surface area contributed by atoms with Gasteiger partial charge in [-0.2, -0.15) is 0 Å². The minimum Gasteiger partial charge on any atom is -0.202 e. The van der Waals surface area contributed by atoms with E-state index in [2.05, 4.69) is 0 Å². The van der Waals surface area contributed by atoms with Crippen molar-refractivity contribution in [2.45, 2.75) is 15.6 Å². The Kier molecular flexibility index (Phi) is 2.85. The van der Waals surface area contributed by atoms with Crippen molar-refractivity contribution >= 4 is 46.4 Å². The molecule has 12 heavy (non-hydrogen) atoms. The molecule has 0 heterocycles. The highest BCUT2D eigenvalue weighted by atomic mass is 35.5. The number of alkyl halides is 5. The quantitative estimate of drug-likeness (QED) is 0.626. The molecule has 0 saturated heterocycles. The smallest absolute Gasteiger partial charge is 0.202 e. The van der Waals surface area contributed by atoms with Crippen molar-refractivity contribution in [2.24, 2.45) is 5.92 Å². The lowest BCUT2D eigenvalue weighted by Gasteiger charge is -2.49. The van der Waals surface area contributed by atoms with Crippen molar-refractivity contribution in [3.05, 3.63) is 11.6 Å². The minimum atomic E-state index is -3.27. The second kappa shape index (κ2) is 3.16. The molecule has 0 spiro atoms. The van der Waals surface area contributed by atoms with Crippen LogP contribution < -0.4 is 0 Å². The standard InChI is InChI=1S/C6H4Cl4F2/c7-2-1-3-4(8)6(11,12)5(3,9)10/h1-4H/b2-1+/t3-,4-/m0/s1. The first-order valence-corrected chi connectivity index (χ1v) is 4.65. The normalized spacial score (nSPS) is 38.2. The first kappa shape index (κ1) is 10.8. The van der Waals surface area contributed by atoms with Gasteiger partial charge in [0.25, 0.3) is 5.92 Å². The summed E-state index contributed by atoms with van der Waals surface area (Å²) >= 11 is 21.2. The van der Waals surface area contributed by atoms with Gasteiger partial charge in [0.05, 0.1) is 0 Å². The largest absolute Gasteiger partial charge is 0.297 e. The third-order valence-corrected chi connectivity index (χ3v) is 3.50. The third kappa shape index (κ3) is 1.24. The van der Waals surface area contributed by atoms with Gasteiger partial charge in [-0.25, -0.2) is 8.78 Å². The summed E-state index contributed by atoms with van der Waals surface area (Å²) < 4.78 is 23.5. The topological polar surface area (TPSA) is 0 Å². The van der Waals surface area contributed by atoms with Crippen LogP contribution in [0.15, 0.2) is 11.6 Å². The predicted octanol–water partition coefficient (Wildman–Crippen LogP) is 3.79. The highest BCUT2D eigenvalue weighted by molar-refractivity contribution is 6.52. The van der Waals surface area contributed by atoms with Crippen LogP contribution in [0.1, 0.15) is 0 Å². The minimum absolute atomic E-state index is 0.810. The monoisotopic (exact) mass is 254 g/mol. The molecule has 0 radical (unpaired) electrons. The van der Waals surface area contributed by atoms with Crippen molar-refractivity contribution in [1.82, 2.24) is 0 Å². The van der Waals surface area contributed by atoms with Gasteiger partial charge in [-0.15, -0.1) is 11.6 Å². The second-order valence-electron chi connectivity index (χ2n) is 2.49. The Hall–Kier alpha value is 0.760. The molecule has 0 amide bonds. The average molecular weight is 256 g/mol. The van der Waals surface area contributed by atoms with Crippen molar-refractivity contribution in [3.63, 3.8) is 0 Å². The van der Waals surface area contributed by atoms with Gasteiger partial charge < -0.3 is 0 Å². The van der Waals surface area contributed by atoms with Crippen molar-refractivity contribution in [1.29, 1.82) is 0 Å². The van der Waals surface area contributed by atoms with Crippen molar-refractivity contribution in [3.8, 4) is 0 Å². The fourth-order valence-corrected chi connectivity index (χ4v) is 2.49. The predicted molar refractivity (Wildman–Crippen MR) is 47.5 cm³/mol. The molecule has 1 aliphatic carbocycles. The molecule has 0 N–H and O–H groups in total. The Morgan fingerprint density at radius 1 is 1.25 bits per heavy atom. The van der Waals surface area contributed by atoms with E-state index in [1.165, 1.54) is 6.08 Å². The number of hydrogen-bond acceptors (Lipinski definition) is 0. The Morgan fingerprint density at radius 2 is 1.75 bits per heavy atom. The number of halogens is 6. The van der Waals surface area contributed by atoms with Gasteiger partial charge in [-0.05, 0) is 0 Å². The zero-order valence-corrected chi connectivity index (χ0v) is 8.60. The maximum absolute atomic E-state index is 12.8. The van der Waals surface area contributed by atoms with Crippen molar-refractivity contribution in [2.75, 3.05) is 0 Å². The van der Waals surface area contributed by atoms with E-state index in [9.17, 15) is 8.78 Å². The van der Waals surface area contributed by atoms with E-state index in [4.69, 9.17) is 46.4 Å². The van der Waals surface area contributed by atoms with Crippen LogP contribution >= 0.6 is 46.4 Å². The highest BCUT2D eigenvalue weighted by Gasteiger charge is 2.73. The van der Waals surface area contributed by atoms with Crippen molar-refractivity contribution < 1.29 is 8.78 Å². The summed E-state index contributed by atoms with van der Waals surface area (Å²) in [5.41, 5.74) is 1.08. The molecule has 0 aromatic rings. The number of hydrogen-bond donors (Lipinski definition) is 0. The van der Waals surface area contributed by atoms with E-state index in [0.29, 0.717) is 0 Å². The summed E-state index contributed by atoms with van der Waals surface area (Å²) in [6.45, 7) is 0. The maximum atomic E-state index is 12.8. The molecule has 2 atom stereocenters. The fraction of sp³-hybridized carbons (Fsp3) is 0.667. The molecule has 6 heteroatoms. The van der Waals surface area contributed by atoms with E-state index in [1.807, 2.05) is 0 Å².